The molecule has 0 radical (unpaired) electrons. The quantitative estimate of drug-likeness (QED) is 0.844. The highest BCUT2D eigenvalue weighted by molar-refractivity contribution is 9.13. The number of benzene rings is 1. The summed E-state index contributed by atoms with van der Waals surface area (Å²) in [5.74, 6) is -0.181. The van der Waals surface area contributed by atoms with Gasteiger partial charge in [0.1, 0.15) is 6.04 Å². The molecule has 0 bridgehead atoms. The van der Waals surface area contributed by atoms with Crippen LogP contribution in [0.4, 0.5) is 0 Å². The Morgan fingerprint density at radius 1 is 1.44 bits per heavy atom. The highest BCUT2D eigenvalue weighted by Crippen LogP contribution is 2.35. The minimum Gasteiger partial charge on any atom is -0.480 e. The standard InChI is InChI=1S/C10H9Br2NO2S/c11-6-2-1-5(3-7(6)12)9-13-8(4-16-9)10(14)15/h1-3,8-9,13H,4H2,(H,14,15). The van der Waals surface area contributed by atoms with E-state index in [2.05, 4.69) is 37.2 Å². The molecule has 0 spiro atoms. The number of aliphatic carboxylic acids is 1. The second kappa shape index (κ2) is 5.08. The van der Waals surface area contributed by atoms with Crippen LogP contribution >= 0.6 is 43.6 Å². The average molecular weight is 367 g/mol. The predicted molar refractivity (Wildman–Crippen MR) is 71.6 cm³/mol. The van der Waals surface area contributed by atoms with Crippen LogP contribution in [0.3, 0.4) is 0 Å². The van der Waals surface area contributed by atoms with Crippen molar-refractivity contribution in [3.63, 3.8) is 0 Å². The first-order chi connectivity index (χ1) is 7.58. The van der Waals surface area contributed by atoms with Crippen LogP contribution in [0, 0.1) is 0 Å². The lowest BCUT2D eigenvalue weighted by Gasteiger charge is -2.12. The van der Waals surface area contributed by atoms with Crippen molar-refractivity contribution >= 4 is 49.6 Å². The molecule has 1 aromatic rings. The number of halogens is 2. The third-order valence-corrected chi connectivity index (χ3v) is 5.47. The lowest BCUT2D eigenvalue weighted by Crippen LogP contribution is -2.33. The maximum Gasteiger partial charge on any atom is 0.321 e. The summed E-state index contributed by atoms with van der Waals surface area (Å²) in [7, 11) is 0. The van der Waals surface area contributed by atoms with E-state index in [1.807, 2.05) is 18.2 Å². The maximum atomic E-state index is 10.8. The van der Waals surface area contributed by atoms with Crippen molar-refractivity contribution < 1.29 is 9.90 Å². The van der Waals surface area contributed by atoms with Gasteiger partial charge >= 0.3 is 5.97 Å². The minimum atomic E-state index is -0.786. The number of nitrogens with one attached hydrogen (secondary N) is 1. The van der Waals surface area contributed by atoms with Gasteiger partial charge in [0.25, 0.3) is 0 Å². The molecule has 16 heavy (non-hydrogen) atoms. The summed E-state index contributed by atoms with van der Waals surface area (Å²) in [5, 5.41) is 12.0. The number of carboxylic acid groups (broad SMARTS) is 1. The number of carbonyl (C=O) groups is 1. The van der Waals surface area contributed by atoms with E-state index in [-0.39, 0.29) is 5.37 Å². The predicted octanol–water partition coefficient (Wildman–Crippen LogP) is 3.00. The molecule has 2 rings (SSSR count). The largest absolute Gasteiger partial charge is 0.480 e. The molecule has 1 saturated heterocycles. The Kier molecular flexibility index (Phi) is 3.94. The minimum absolute atomic E-state index is 0.0606. The topological polar surface area (TPSA) is 49.3 Å². The summed E-state index contributed by atoms with van der Waals surface area (Å²) >= 11 is 8.46. The molecule has 3 nitrogen and oxygen atoms in total. The summed E-state index contributed by atoms with van der Waals surface area (Å²) in [6.45, 7) is 0. The lowest BCUT2D eigenvalue weighted by atomic mass is 10.2. The maximum absolute atomic E-state index is 10.8. The summed E-state index contributed by atoms with van der Waals surface area (Å²) in [6, 6.07) is 5.50. The van der Waals surface area contributed by atoms with E-state index in [0.29, 0.717) is 5.75 Å². The van der Waals surface area contributed by atoms with Crippen LogP contribution in [0.15, 0.2) is 27.1 Å². The number of hydrogen-bond acceptors (Lipinski definition) is 3. The molecule has 1 heterocycles. The average Bonchev–Trinajstić information content (AvgIpc) is 2.71. The summed E-state index contributed by atoms with van der Waals surface area (Å²) in [5.41, 5.74) is 1.09. The van der Waals surface area contributed by atoms with E-state index in [9.17, 15) is 4.79 Å². The lowest BCUT2D eigenvalue weighted by molar-refractivity contribution is -0.138. The van der Waals surface area contributed by atoms with E-state index in [4.69, 9.17) is 5.11 Å². The number of rotatable bonds is 2. The van der Waals surface area contributed by atoms with Crippen molar-refractivity contribution in [2.45, 2.75) is 11.4 Å². The molecule has 86 valence electrons. The summed E-state index contributed by atoms with van der Waals surface area (Å²) < 4.78 is 1.97. The van der Waals surface area contributed by atoms with Gasteiger partial charge in [0.2, 0.25) is 0 Å². The van der Waals surface area contributed by atoms with Crippen LogP contribution in [0.2, 0.25) is 0 Å². The van der Waals surface area contributed by atoms with Gasteiger partial charge in [0, 0.05) is 14.7 Å². The van der Waals surface area contributed by atoms with E-state index in [1.54, 1.807) is 11.8 Å². The molecule has 0 aliphatic carbocycles. The van der Waals surface area contributed by atoms with Crippen molar-refractivity contribution in [1.29, 1.82) is 0 Å². The number of thioether (sulfide) groups is 1. The van der Waals surface area contributed by atoms with Gasteiger partial charge in [-0.3, -0.25) is 10.1 Å². The third-order valence-electron chi connectivity index (χ3n) is 2.33. The van der Waals surface area contributed by atoms with Gasteiger partial charge in [-0.05, 0) is 49.6 Å². The molecule has 0 aromatic heterocycles. The van der Waals surface area contributed by atoms with Crippen molar-refractivity contribution in [2.24, 2.45) is 0 Å². The van der Waals surface area contributed by atoms with Crippen LogP contribution in [0.25, 0.3) is 0 Å². The Labute approximate surface area is 114 Å². The highest BCUT2D eigenvalue weighted by Gasteiger charge is 2.30. The highest BCUT2D eigenvalue weighted by atomic mass is 79.9. The van der Waals surface area contributed by atoms with Gasteiger partial charge in [-0.1, -0.05) is 6.07 Å². The molecule has 2 atom stereocenters. The SMILES string of the molecule is O=C(O)C1CSC(c2ccc(Br)c(Br)c2)N1. The fraction of sp³-hybridized carbons (Fsp3) is 0.300. The molecule has 1 aliphatic heterocycles. The monoisotopic (exact) mass is 365 g/mol. The van der Waals surface area contributed by atoms with Gasteiger partial charge in [-0.25, -0.2) is 0 Å². The zero-order valence-corrected chi connectivity index (χ0v) is 12.1. The van der Waals surface area contributed by atoms with Crippen LogP contribution in [-0.2, 0) is 4.79 Å². The Morgan fingerprint density at radius 3 is 2.75 bits per heavy atom. The van der Waals surface area contributed by atoms with Crippen LogP contribution in [0.5, 0.6) is 0 Å². The summed E-state index contributed by atoms with van der Waals surface area (Å²) in [4.78, 5) is 10.8. The molecule has 2 unspecified atom stereocenters. The molecule has 1 fully saturated rings. The third kappa shape index (κ3) is 2.61. The van der Waals surface area contributed by atoms with Gasteiger partial charge < -0.3 is 5.11 Å². The molecule has 1 aromatic carbocycles. The fourth-order valence-corrected chi connectivity index (χ4v) is 3.35. The van der Waals surface area contributed by atoms with Crippen LogP contribution in [0.1, 0.15) is 10.9 Å². The summed E-state index contributed by atoms with van der Waals surface area (Å²) in [6.07, 6.45) is 0. The molecule has 0 amide bonds. The Morgan fingerprint density at radius 2 is 2.19 bits per heavy atom. The van der Waals surface area contributed by atoms with Crippen LogP contribution in [-0.4, -0.2) is 22.9 Å². The first-order valence-electron chi connectivity index (χ1n) is 4.63. The zero-order valence-electron chi connectivity index (χ0n) is 8.11. The Balaban J connectivity index is 2.14. The van der Waals surface area contributed by atoms with Gasteiger partial charge in [-0.2, -0.15) is 0 Å². The van der Waals surface area contributed by atoms with E-state index in [1.165, 1.54) is 0 Å². The van der Waals surface area contributed by atoms with Crippen molar-refractivity contribution in [1.82, 2.24) is 5.32 Å². The van der Waals surface area contributed by atoms with Crippen molar-refractivity contribution in [3.8, 4) is 0 Å². The molecular weight excluding hydrogens is 358 g/mol. The van der Waals surface area contributed by atoms with Crippen LogP contribution < -0.4 is 5.32 Å². The molecule has 6 heteroatoms. The Bertz CT molecular complexity index is 427. The van der Waals surface area contributed by atoms with E-state index in [0.717, 1.165) is 14.5 Å². The fourth-order valence-electron chi connectivity index (χ4n) is 1.48. The molecule has 0 saturated carbocycles. The van der Waals surface area contributed by atoms with Crippen molar-refractivity contribution in [2.75, 3.05) is 5.75 Å². The molecular formula is C10H9Br2NO2S. The second-order valence-electron chi connectivity index (χ2n) is 3.44. The van der Waals surface area contributed by atoms with Gasteiger partial charge in [0.05, 0.1) is 5.37 Å². The first-order valence-corrected chi connectivity index (χ1v) is 7.27. The van der Waals surface area contributed by atoms with E-state index >= 15 is 0 Å². The second-order valence-corrected chi connectivity index (χ2v) is 6.29. The van der Waals surface area contributed by atoms with Gasteiger partial charge in [0.15, 0.2) is 0 Å². The number of carboxylic acids is 1. The normalized spacial score (nSPS) is 24.6. The Hall–Kier alpha value is -0.0400. The molecule has 1 aliphatic rings. The number of hydrogen-bond donors (Lipinski definition) is 2. The smallest absolute Gasteiger partial charge is 0.321 e. The van der Waals surface area contributed by atoms with Crippen molar-refractivity contribution in [3.05, 3.63) is 32.7 Å². The van der Waals surface area contributed by atoms with E-state index < -0.39 is 12.0 Å². The first kappa shape index (κ1) is 12.4. The van der Waals surface area contributed by atoms with Gasteiger partial charge in [-0.15, -0.1) is 11.8 Å². The molecule has 2 N–H and O–H groups in total. The zero-order chi connectivity index (χ0) is 11.7.